The number of carbonyl (C=O) groups is 1. The Morgan fingerprint density at radius 3 is 2.47 bits per heavy atom. The molecule has 1 amide bonds. The van der Waals surface area contributed by atoms with E-state index in [1.54, 1.807) is 20.8 Å². The number of halogens is 1. The van der Waals surface area contributed by atoms with Crippen molar-refractivity contribution in [1.82, 2.24) is 0 Å². The third kappa shape index (κ3) is 2.45. The van der Waals surface area contributed by atoms with Gasteiger partial charge in [0.15, 0.2) is 0 Å². The Morgan fingerprint density at radius 1 is 1.26 bits per heavy atom. The first-order chi connectivity index (χ1) is 8.90. The zero-order valence-corrected chi connectivity index (χ0v) is 11.0. The SMILES string of the molecule is Cc1oc(C)c(C(=O)Nc2ccc(N)cc2F)c1C. The van der Waals surface area contributed by atoms with Crippen molar-refractivity contribution in [3.05, 3.63) is 46.7 Å². The molecule has 0 fully saturated rings. The molecule has 0 aliphatic rings. The molecule has 1 heterocycles. The second-order valence-electron chi connectivity index (χ2n) is 4.41. The summed E-state index contributed by atoms with van der Waals surface area (Å²) in [6, 6.07) is 4.12. The van der Waals surface area contributed by atoms with E-state index in [-0.39, 0.29) is 5.69 Å². The van der Waals surface area contributed by atoms with Crippen molar-refractivity contribution in [2.45, 2.75) is 20.8 Å². The van der Waals surface area contributed by atoms with Crippen LogP contribution in [-0.4, -0.2) is 5.91 Å². The van der Waals surface area contributed by atoms with E-state index in [0.717, 1.165) is 11.6 Å². The number of aryl methyl sites for hydroxylation is 2. The molecule has 2 aromatic rings. The minimum Gasteiger partial charge on any atom is -0.466 e. The van der Waals surface area contributed by atoms with Crippen molar-refractivity contribution < 1.29 is 13.6 Å². The number of hydrogen-bond acceptors (Lipinski definition) is 3. The summed E-state index contributed by atoms with van der Waals surface area (Å²) in [5.41, 5.74) is 7.05. The maximum atomic E-state index is 13.6. The van der Waals surface area contributed by atoms with Crippen molar-refractivity contribution >= 4 is 17.3 Å². The third-order valence-corrected chi connectivity index (χ3v) is 3.03. The number of nitrogens with one attached hydrogen (secondary N) is 1. The van der Waals surface area contributed by atoms with Crippen LogP contribution in [0.15, 0.2) is 22.6 Å². The lowest BCUT2D eigenvalue weighted by Crippen LogP contribution is -2.14. The molecule has 100 valence electrons. The predicted octanol–water partition coefficient (Wildman–Crippen LogP) is 3.18. The Bertz CT molecular complexity index is 647. The van der Waals surface area contributed by atoms with Gasteiger partial charge >= 0.3 is 0 Å². The summed E-state index contributed by atoms with van der Waals surface area (Å²) in [6.45, 7) is 5.28. The van der Waals surface area contributed by atoms with E-state index in [1.807, 2.05) is 0 Å². The average Bonchev–Trinajstić information content (AvgIpc) is 2.57. The van der Waals surface area contributed by atoms with Crippen LogP contribution in [0.4, 0.5) is 15.8 Å². The topological polar surface area (TPSA) is 68.3 Å². The predicted molar refractivity (Wildman–Crippen MR) is 71.7 cm³/mol. The molecule has 1 aromatic heterocycles. The minimum absolute atomic E-state index is 0.0943. The minimum atomic E-state index is -0.566. The molecule has 19 heavy (non-hydrogen) atoms. The van der Waals surface area contributed by atoms with Crippen molar-refractivity contribution in [2.75, 3.05) is 11.1 Å². The number of nitrogen functional groups attached to an aromatic ring is 1. The van der Waals surface area contributed by atoms with Gasteiger partial charge in [-0.2, -0.15) is 0 Å². The fourth-order valence-electron chi connectivity index (χ4n) is 1.95. The Balaban J connectivity index is 2.31. The quantitative estimate of drug-likeness (QED) is 0.817. The number of amides is 1. The summed E-state index contributed by atoms with van der Waals surface area (Å²) in [6.07, 6.45) is 0. The largest absolute Gasteiger partial charge is 0.466 e. The van der Waals surface area contributed by atoms with E-state index >= 15 is 0 Å². The molecule has 0 spiro atoms. The Kier molecular flexibility index (Phi) is 3.29. The number of anilines is 2. The summed E-state index contributed by atoms with van der Waals surface area (Å²) < 4.78 is 19.0. The molecule has 2 rings (SSSR count). The Labute approximate surface area is 110 Å². The molecule has 0 radical (unpaired) electrons. The number of hydrogen-bond donors (Lipinski definition) is 2. The number of furan rings is 1. The molecule has 0 aliphatic heterocycles. The zero-order valence-electron chi connectivity index (χ0n) is 11.0. The maximum absolute atomic E-state index is 13.6. The van der Waals surface area contributed by atoms with E-state index in [1.165, 1.54) is 12.1 Å². The van der Waals surface area contributed by atoms with Gasteiger partial charge in [0.2, 0.25) is 0 Å². The molecule has 0 saturated heterocycles. The fourth-order valence-corrected chi connectivity index (χ4v) is 1.95. The van der Waals surface area contributed by atoms with E-state index < -0.39 is 11.7 Å². The Morgan fingerprint density at radius 2 is 1.95 bits per heavy atom. The van der Waals surface area contributed by atoms with Gasteiger partial charge in [-0.1, -0.05) is 0 Å². The second-order valence-corrected chi connectivity index (χ2v) is 4.41. The van der Waals surface area contributed by atoms with E-state index in [9.17, 15) is 9.18 Å². The standard InChI is InChI=1S/C14H15FN2O2/c1-7-8(2)19-9(3)13(7)14(18)17-12-5-4-10(16)6-11(12)15/h4-6H,16H2,1-3H3,(H,17,18). The van der Waals surface area contributed by atoms with Crippen LogP contribution in [0.1, 0.15) is 27.4 Å². The molecule has 5 heteroatoms. The van der Waals surface area contributed by atoms with Crippen LogP contribution in [0.2, 0.25) is 0 Å². The smallest absolute Gasteiger partial charge is 0.259 e. The highest BCUT2D eigenvalue weighted by atomic mass is 19.1. The Hall–Kier alpha value is -2.30. The van der Waals surface area contributed by atoms with Crippen molar-refractivity contribution in [3.8, 4) is 0 Å². The summed E-state index contributed by atoms with van der Waals surface area (Å²) in [5.74, 6) is 0.239. The lowest BCUT2D eigenvalue weighted by Gasteiger charge is -2.07. The first-order valence-corrected chi connectivity index (χ1v) is 5.83. The normalized spacial score (nSPS) is 10.5. The van der Waals surface area contributed by atoms with Crippen LogP contribution in [0.3, 0.4) is 0 Å². The zero-order chi connectivity index (χ0) is 14.2. The van der Waals surface area contributed by atoms with E-state index in [4.69, 9.17) is 10.2 Å². The van der Waals surface area contributed by atoms with Gasteiger partial charge < -0.3 is 15.5 Å². The molecule has 0 atom stereocenters. The van der Waals surface area contributed by atoms with Gasteiger partial charge in [0.05, 0.1) is 11.3 Å². The number of rotatable bonds is 2. The summed E-state index contributed by atoms with van der Waals surface area (Å²) in [4.78, 5) is 12.1. The summed E-state index contributed by atoms with van der Waals surface area (Å²) in [7, 11) is 0. The first kappa shape index (κ1) is 13.1. The van der Waals surface area contributed by atoms with Crippen LogP contribution in [0.25, 0.3) is 0 Å². The number of nitrogens with two attached hydrogens (primary N) is 1. The summed E-state index contributed by atoms with van der Waals surface area (Å²) >= 11 is 0. The van der Waals surface area contributed by atoms with Crippen LogP contribution < -0.4 is 11.1 Å². The monoisotopic (exact) mass is 262 g/mol. The second kappa shape index (κ2) is 4.76. The number of carbonyl (C=O) groups excluding carboxylic acids is 1. The van der Waals surface area contributed by atoms with Gasteiger partial charge in [-0.25, -0.2) is 4.39 Å². The van der Waals surface area contributed by atoms with Gasteiger partial charge in [0, 0.05) is 11.3 Å². The molecule has 0 aliphatic carbocycles. The maximum Gasteiger partial charge on any atom is 0.259 e. The average molecular weight is 262 g/mol. The first-order valence-electron chi connectivity index (χ1n) is 5.83. The van der Waals surface area contributed by atoms with E-state index in [2.05, 4.69) is 5.32 Å². The summed E-state index contributed by atoms with van der Waals surface area (Å²) in [5, 5.41) is 2.52. The van der Waals surface area contributed by atoms with Gasteiger partial charge in [-0.15, -0.1) is 0 Å². The van der Waals surface area contributed by atoms with Crippen LogP contribution in [-0.2, 0) is 0 Å². The molecule has 0 bridgehead atoms. The third-order valence-electron chi connectivity index (χ3n) is 3.03. The molecule has 3 N–H and O–H groups in total. The lowest BCUT2D eigenvalue weighted by molar-refractivity contribution is 0.102. The van der Waals surface area contributed by atoms with Crippen LogP contribution >= 0.6 is 0 Å². The molecule has 0 saturated carbocycles. The lowest BCUT2D eigenvalue weighted by atomic mass is 10.1. The highest BCUT2D eigenvalue weighted by Gasteiger charge is 2.19. The molecule has 4 nitrogen and oxygen atoms in total. The fraction of sp³-hybridized carbons (Fsp3) is 0.214. The van der Waals surface area contributed by atoms with Crippen LogP contribution in [0.5, 0.6) is 0 Å². The van der Waals surface area contributed by atoms with Crippen molar-refractivity contribution in [2.24, 2.45) is 0 Å². The van der Waals surface area contributed by atoms with Crippen molar-refractivity contribution in [3.63, 3.8) is 0 Å². The van der Waals surface area contributed by atoms with Gasteiger partial charge in [0.1, 0.15) is 17.3 Å². The molecular formula is C14H15FN2O2. The van der Waals surface area contributed by atoms with Crippen LogP contribution in [0, 0.1) is 26.6 Å². The van der Waals surface area contributed by atoms with Gasteiger partial charge in [-0.3, -0.25) is 4.79 Å². The highest BCUT2D eigenvalue weighted by Crippen LogP contribution is 2.23. The highest BCUT2D eigenvalue weighted by molar-refractivity contribution is 6.06. The molecular weight excluding hydrogens is 247 g/mol. The van der Waals surface area contributed by atoms with Crippen molar-refractivity contribution in [1.29, 1.82) is 0 Å². The van der Waals surface area contributed by atoms with Gasteiger partial charge in [-0.05, 0) is 39.0 Å². The number of benzene rings is 1. The molecule has 0 unspecified atom stereocenters. The van der Waals surface area contributed by atoms with Gasteiger partial charge in [0.25, 0.3) is 5.91 Å². The van der Waals surface area contributed by atoms with E-state index in [0.29, 0.717) is 22.8 Å². The molecule has 1 aromatic carbocycles.